The van der Waals surface area contributed by atoms with Crippen molar-refractivity contribution in [3.63, 3.8) is 0 Å². The molecule has 7 nitrogen and oxygen atoms in total. The van der Waals surface area contributed by atoms with Gasteiger partial charge in [-0.15, -0.1) is 0 Å². The Morgan fingerprint density at radius 2 is 1.93 bits per heavy atom. The molecule has 0 aliphatic heterocycles. The van der Waals surface area contributed by atoms with Gasteiger partial charge in [-0.1, -0.05) is 24.9 Å². The maximum atomic E-state index is 12.3. The number of benzene rings is 2. The van der Waals surface area contributed by atoms with E-state index in [1.807, 2.05) is 13.8 Å². The summed E-state index contributed by atoms with van der Waals surface area (Å²) in [6, 6.07) is 8.82. The molecule has 0 spiro atoms. The second kappa shape index (κ2) is 9.23. The van der Waals surface area contributed by atoms with Gasteiger partial charge in [0.1, 0.15) is 0 Å². The van der Waals surface area contributed by atoms with E-state index >= 15 is 0 Å². The molecule has 0 saturated heterocycles. The van der Waals surface area contributed by atoms with Crippen LogP contribution in [0.1, 0.15) is 37.0 Å². The van der Waals surface area contributed by atoms with Crippen molar-refractivity contribution >= 4 is 23.2 Å². The lowest BCUT2D eigenvalue weighted by Gasteiger charge is -2.15. The molecule has 2 aromatic carbocycles. The zero-order valence-electron chi connectivity index (χ0n) is 15.3. The van der Waals surface area contributed by atoms with E-state index < -0.39 is 4.92 Å². The highest BCUT2D eigenvalue weighted by molar-refractivity contribution is 6.30. The number of carbonyl (C=O) groups excluding carboxylic acids is 1. The van der Waals surface area contributed by atoms with Crippen LogP contribution in [0.25, 0.3) is 0 Å². The molecule has 0 radical (unpaired) electrons. The molecule has 8 heteroatoms. The highest BCUT2D eigenvalue weighted by Gasteiger charge is 2.19. The molecule has 0 bridgehead atoms. The van der Waals surface area contributed by atoms with Gasteiger partial charge in [0.25, 0.3) is 5.91 Å². The maximum Gasteiger partial charge on any atom is 0.313 e. The molecule has 1 N–H and O–H groups in total. The summed E-state index contributed by atoms with van der Waals surface area (Å²) in [5.41, 5.74) is 0.146. The van der Waals surface area contributed by atoms with Crippen molar-refractivity contribution in [2.24, 2.45) is 0 Å². The zero-order chi connectivity index (χ0) is 20.0. The number of nitrogens with one attached hydrogen (secondary N) is 1. The van der Waals surface area contributed by atoms with Crippen molar-refractivity contribution < 1.29 is 19.2 Å². The van der Waals surface area contributed by atoms with E-state index in [1.54, 1.807) is 6.07 Å². The van der Waals surface area contributed by atoms with E-state index in [0.717, 1.165) is 12.8 Å². The summed E-state index contributed by atoms with van der Waals surface area (Å²) in [7, 11) is 1.43. The standard InChI is InChI=1S/C19H21ClN2O5/c1-4-5-12(2)21-19(23)13-6-8-17(18(10-13)26-3)27-16-9-7-14(20)11-15(16)22(24)25/h6-12H,4-5H2,1-3H3,(H,21,23). The van der Waals surface area contributed by atoms with Gasteiger partial charge in [0.15, 0.2) is 11.5 Å². The van der Waals surface area contributed by atoms with E-state index in [4.69, 9.17) is 21.1 Å². The maximum absolute atomic E-state index is 12.3. The van der Waals surface area contributed by atoms with E-state index in [1.165, 1.54) is 37.4 Å². The highest BCUT2D eigenvalue weighted by Crippen LogP contribution is 2.37. The SMILES string of the molecule is CCCC(C)NC(=O)c1ccc(Oc2ccc(Cl)cc2[N+](=O)[O-])c(OC)c1. The molecule has 0 fully saturated rings. The van der Waals surface area contributed by atoms with Crippen molar-refractivity contribution in [3.8, 4) is 17.2 Å². The van der Waals surface area contributed by atoms with Gasteiger partial charge in [-0.2, -0.15) is 0 Å². The molecule has 2 aromatic rings. The number of methoxy groups -OCH3 is 1. The Morgan fingerprint density at radius 1 is 1.22 bits per heavy atom. The number of nitro groups is 1. The molecule has 2 rings (SSSR count). The summed E-state index contributed by atoms with van der Waals surface area (Å²) >= 11 is 5.81. The fourth-order valence-corrected chi connectivity index (χ4v) is 2.71. The Bertz CT molecular complexity index is 841. The van der Waals surface area contributed by atoms with E-state index in [0.29, 0.717) is 5.56 Å². The number of amides is 1. The highest BCUT2D eigenvalue weighted by atomic mass is 35.5. The molecular weight excluding hydrogens is 372 g/mol. The molecule has 1 unspecified atom stereocenters. The normalized spacial score (nSPS) is 11.6. The van der Waals surface area contributed by atoms with Gasteiger partial charge in [-0.3, -0.25) is 14.9 Å². The topological polar surface area (TPSA) is 90.7 Å². The molecule has 1 atom stereocenters. The molecular formula is C19H21ClN2O5. The molecule has 1 amide bonds. The van der Waals surface area contributed by atoms with Crippen LogP contribution in [0.4, 0.5) is 5.69 Å². The molecule has 0 aliphatic rings. The summed E-state index contributed by atoms with van der Waals surface area (Å²) in [4.78, 5) is 23.0. The first kappa shape index (κ1) is 20.5. The quantitative estimate of drug-likeness (QED) is 0.506. The van der Waals surface area contributed by atoms with Crippen LogP contribution in [0.15, 0.2) is 36.4 Å². The Morgan fingerprint density at radius 3 is 2.56 bits per heavy atom. The van der Waals surface area contributed by atoms with Crippen molar-refractivity contribution in [2.45, 2.75) is 32.7 Å². The minimum absolute atomic E-state index is 0.0245. The smallest absolute Gasteiger partial charge is 0.313 e. The lowest BCUT2D eigenvalue weighted by atomic mass is 10.1. The van der Waals surface area contributed by atoms with Crippen molar-refractivity contribution in [2.75, 3.05) is 7.11 Å². The van der Waals surface area contributed by atoms with E-state index in [9.17, 15) is 14.9 Å². The van der Waals surface area contributed by atoms with E-state index in [-0.39, 0.29) is 39.9 Å². The summed E-state index contributed by atoms with van der Waals surface area (Å²) in [5.74, 6) is 0.339. The molecule has 144 valence electrons. The lowest BCUT2D eigenvalue weighted by Crippen LogP contribution is -2.32. The first-order valence-electron chi connectivity index (χ1n) is 8.46. The van der Waals surface area contributed by atoms with Crippen LogP contribution in [0.5, 0.6) is 17.2 Å². The monoisotopic (exact) mass is 392 g/mol. The van der Waals surface area contributed by atoms with Gasteiger partial charge < -0.3 is 14.8 Å². The largest absolute Gasteiger partial charge is 0.493 e. The summed E-state index contributed by atoms with van der Waals surface area (Å²) in [6.45, 7) is 3.99. The first-order chi connectivity index (χ1) is 12.8. The lowest BCUT2D eigenvalue weighted by molar-refractivity contribution is -0.385. The van der Waals surface area contributed by atoms with Crippen LogP contribution in [-0.2, 0) is 0 Å². The summed E-state index contributed by atoms with van der Waals surface area (Å²) in [6.07, 6.45) is 1.85. The Balaban J connectivity index is 2.27. The number of nitro benzene ring substituents is 1. The van der Waals surface area contributed by atoms with Gasteiger partial charge >= 0.3 is 5.69 Å². The summed E-state index contributed by atoms with van der Waals surface area (Å²) in [5, 5.41) is 14.3. The molecule has 27 heavy (non-hydrogen) atoms. The fraction of sp³-hybridized carbons (Fsp3) is 0.316. The first-order valence-corrected chi connectivity index (χ1v) is 8.84. The van der Waals surface area contributed by atoms with Crippen LogP contribution >= 0.6 is 11.6 Å². The number of hydrogen-bond acceptors (Lipinski definition) is 5. The number of ether oxygens (including phenoxy) is 2. The Kier molecular flexibility index (Phi) is 7.01. The zero-order valence-corrected chi connectivity index (χ0v) is 16.1. The van der Waals surface area contributed by atoms with Crippen LogP contribution in [0.2, 0.25) is 5.02 Å². The molecule has 0 heterocycles. The van der Waals surface area contributed by atoms with Crippen LogP contribution in [-0.4, -0.2) is 24.0 Å². The number of nitrogens with zero attached hydrogens (tertiary/aromatic N) is 1. The van der Waals surface area contributed by atoms with E-state index in [2.05, 4.69) is 5.32 Å². The van der Waals surface area contributed by atoms with Crippen molar-refractivity contribution in [1.82, 2.24) is 5.32 Å². The predicted molar refractivity (Wildman–Crippen MR) is 103 cm³/mol. The predicted octanol–water partition coefficient (Wildman–Crippen LogP) is 4.97. The Labute approximate surface area is 162 Å². The van der Waals surface area contributed by atoms with Crippen LogP contribution in [0.3, 0.4) is 0 Å². The average molecular weight is 393 g/mol. The third-order valence-electron chi connectivity index (χ3n) is 3.86. The van der Waals surface area contributed by atoms with Crippen molar-refractivity contribution in [1.29, 1.82) is 0 Å². The number of carbonyl (C=O) groups is 1. The van der Waals surface area contributed by atoms with Gasteiger partial charge in [-0.25, -0.2) is 0 Å². The summed E-state index contributed by atoms with van der Waals surface area (Å²) < 4.78 is 10.9. The van der Waals surface area contributed by atoms with Gasteiger partial charge in [-0.05, 0) is 43.7 Å². The van der Waals surface area contributed by atoms with Gasteiger partial charge in [0.05, 0.1) is 12.0 Å². The third kappa shape index (κ3) is 5.34. The second-order valence-corrected chi connectivity index (χ2v) is 6.44. The fourth-order valence-electron chi connectivity index (χ4n) is 2.54. The third-order valence-corrected chi connectivity index (χ3v) is 4.10. The minimum Gasteiger partial charge on any atom is -0.493 e. The minimum atomic E-state index is -0.579. The van der Waals surface area contributed by atoms with Crippen LogP contribution < -0.4 is 14.8 Å². The molecule has 0 aliphatic carbocycles. The number of hydrogen-bond donors (Lipinski definition) is 1. The van der Waals surface area contributed by atoms with Gasteiger partial charge in [0, 0.05) is 22.7 Å². The number of halogens is 1. The molecule has 0 saturated carbocycles. The van der Waals surface area contributed by atoms with Crippen LogP contribution in [0, 0.1) is 10.1 Å². The van der Waals surface area contributed by atoms with Crippen molar-refractivity contribution in [3.05, 3.63) is 57.1 Å². The van der Waals surface area contributed by atoms with Gasteiger partial charge in [0.2, 0.25) is 5.75 Å². The molecule has 0 aromatic heterocycles. The number of rotatable bonds is 8. The Hall–Kier alpha value is -2.80. The second-order valence-electron chi connectivity index (χ2n) is 6.00. The average Bonchev–Trinajstić information content (AvgIpc) is 2.63.